The van der Waals surface area contributed by atoms with Crippen molar-refractivity contribution in [3.63, 3.8) is 0 Å². The van der Waals surface area contributed by atoms with Gasteiger partial charge >= 0.3 is 6.16 Å². The Labute approximate surface area is 122 Å². The second-order valence-electron chi connectivity index (χ2n) is 6.05. The molecule has 2 heterocycles. The first-order chi connectivity index (χ1) is 8.34. The van der Waals surface area contributed by atoms with E-state index in [1.807, 2.05) is 20.8 Å². The number of fused-ring (bicyclic) bond motifs is 2. The van der Waals surface area contributed by atoms with Gasteiger partial charge < -0.3 is 14.4 Å². The monoisotopic (exact) mass is 365 g/mol. The van der Waals surface area contributed by atoms with Crippen molar-refractivity contribution in [3.05, 3.63) is 9.78 Å². The van der Waals surface area contributed by atoms with Crippen molar-refractivity contribution < 1.29 is 14.3 Å². The summed E-state index contributed by atoms with van der Waals surface area (Å²) in [5.74, 6) is 0. The summed E-state index contributed by atoms with van der Waals surface area (Å²) in [6.07, 6.45) is 2.27. The van der Waals surface area contributed by atoms with Gasteiger partial charge in [-0.15, -0.1) is 0 Å². The number of halogens is 1. The van der Waals surface area contributed by atoms with Crippen LogP contribution in [0.4, 0.5) is 4.79 Å². The van der Waals surface area contributed by atoms with Crippen molar-refractivity contribution >= 4 is 28.7 Å². The SMILES string of the molecule is CC(C)(C)OC(=O)OC12CCCN(C1)/C(=C/I)C2. The summed E-state index contributed by atoms with van der Waals surface area (Å²) < 4.78 is 13.0. The Kier molecular flexibility index (Phi) is 3.80. The molecule has 0 aromatic rings. The molecule has 0 spiro atoms. The largest absolute Gasteiger partial charge is 0.509 e. The van der Waals surface area contributed by atoms with E-state index in [0.717, 1.165) is 32.4 Å². The normalized spacial score (nSPS) is 29.6. The van der Waals surface area contributed by atoms with Crippen molar-refractivity contribution in [1.82, 2.24) is 4.90 Å². The van der Waals surface area contributed by atoms with Crippen LogP contribution in [0.3, 0.4) is 0 Å². The Morgan fingerprint density at radius 1 is 1.50 bits per heavy atom. The lowest BCUT2D eigenvalue weighted by Crippen LogP contribution is -2.43. The molecule has 1 unspecified atom stereocenters. The predicted molar refractivity (Wildman–Crippen MR) is 77.6 cm³/mol. The Morgan fingerprint density at radius 3 is 2.83 bits per heavy atom. The highest BCUT2D eigenvalue weighted by Gasteiger charge is 2.47. The molecule has 1 atom stereocenters. The van der Waals surface area contributed by atoms with Crippen molar-refractivity contribution in [2.75, 3.05) is 13.1 Å². The van der Waals surface area contributed by atoms with Crippen molar-refractivity contribution in [3.8, 4) is 0 Å². The van der Waals surface area contributed by atoms with E-state index in [1.165, 1.54) is 5.70 Å². The number of hydrogen-bond donors (Lipinski definition) is 0. The summed E-state index contributed by atoms with van der Waals surface area (Å²) in [6.45, 7) is 7.42. The van der Waals surface area contributed by atoms with Crippen LogP contribution in [0.25, 0.3) is 0 Å². The van der Waals surface area contributed by atoms with Gasteiger partial charge in [0.05, 0.1) is 6.54 Å². The van der Waals surface area contributed by atoms with Crippen molar-refractivity contribution in [2.45, 2.75) is 51.2 Å². The molecule has 0 saturated carbocycles. The predicted octanol–water partition coefficient (Wildman–Crippen LogP) is 3.45. The highest BCUT2D eigenvalue weighted by Crippen LogP contribution is 2.41. The fourth-order valence-corrected chi connectivity index (χ4v) is 3.22. The van der Waals surface area contributed by atoms with Gasteiger partial charge in [0, 0.05) is 18.7 Å². The second-order valence-corrected chi connectivity index (χ2v) is 6.67. The minimum Gasteiger partial charge on any atom is -0.429 e. The summed E-state index contributed by atoms with van der Waals surface area (Å²) in [5.41, 5.74) is 0.414. The molecular formula is C13H20INO3. The molecule has 2 fully saturated rings. The third-order valence-corrected chi connectivity index (χ3v) is 3.98. The zero-order valence-electron chi connectivity index (χ0n) is 11.2. The quantitative estimate of drug-likeness (QED) is 0.527. The molecule has 0 aromatic heterocycles. The number of ether oxygens (including phenoxy) is 2. The molecule has 0 amide bonds. The molecule has 0 radical (unpaired) electrons. The molecular weight excluding hydrogens is 345 g/mol. The van der Waals surface area contributed by atoms with Gasteiger partial charge in [-0.2, -0.15) is 0 Å². The second kappa shape index (κ2) is 4.90. The molecule has 18 heavy (non-hydrogen) atoms. The Morgan fingerprint density at radius 2 is 2.22 bits per heavy atom. The average molecular weight is 365 g/mol. The smallest absolute Gasteiger partial charge is 0.429 e. The summed E-state index contributed by atoms with van der Waals surface area (Å²) >= 11 is 2.25. The standard InChI is InChI=1S/C13H20INO3/c1-12(2,3)17-11(16)18-13-5-4-6-15(9-13)10(7-13)8-14/h8H,4-7,9H2,1-3H3/b10-8+. The highest BCUT2D eigenvalue weighted by atomic mass is 127. The molecule has 0 aromatic carbocycles. The molecule has 0 aliphatic carbocycles. The first kappa shape index (κ1) is 14.0. The molecule has 2 rings (SSSR count). The Balaban J connectivity index is 2.02. The maximum Gasteiger partial charge on any atom is 0.509 e. The fourth-order valence-electron chi connectivity index (χ4n) is 2.60. The van der Waals surface area contributed by atoms with Gasteiger partial charge in [-0.05, 0) is 37.7 Å². The zero-order chi connectivity index (χ0) is 13.4. The number of carbonyl (C=O) groups is 1. The Hall–Kier alpha value is -0.460. The fraction of sp³-hybridized carbons (Fsp3) is 0.769. The summed E-state index contributed by atoms with van der Waals surface area (Å²) in [5, 5.41) is 0. The Bertz CT molecular complexity index is 375. The number of rotatable bonds is 1. The summed E-state index contributed by atoms with van der Waals surface area (Å²) in [4.78, 5) is 14.1. The topological polar surface area (TPSA) is 38.8 Å². The minimum atomic E-state index is -0.543. The van der Waals surface area contributed by atoms with Crippen LogP contribution in [-0.2, 0) is 9.47 Å². The van der Waals surface area contributed by atoms with E-state index in [4.69, 9.17) is 9.47 Å². The van der Waals surface area contributed by atoms with Crippen LogP contribution < -0.4 is 0 Å². The number of hydrogen-bond acceptors (Lipinski definition) is 4. The van der Waals surface area contributed by atoms with E-state index in [9.17, 15) is 4.79 Å². The van der Waals surface area contributed by atoms with Crippen LogP contribution in [0.5, 0.6) is 0 Å². The van der Waals surface area contributed by atoms with E-state index in [-0.39, 0.29) is 5.60 Å². The molecule has 102 valence electrons. The summed E-state index contributed by atoms with van der Waals surface area (Å²) in [7, 11) is 0. The van der Waals surface area contributed by atoms with E-state index in [0.29, 0.717) is 0 Å². The van der Waals surface area contributed by atoms with Gasteiger partial charge in [-0.25, -0.2) is 4.79 Å². The van der Waals surface area contributed by atoms with E-state index >= 15 is 0 Å². The van der Waals surface area contributed by atoms with E-state index in [2.05, 4.69) is 31.6 Å². The van der Waals surface area contributed by atoms with Gasteiger partial charge in [0.2, 0.25) is 0 Å². The van der Waals surface area contributed by atoms with Gasteiger partial charge in [-0.3, -0.25) is 0 Å². The minimum absolute atomic E-state index is 0.364. The average Bonchev–Trinajstić information content (AvgIpc) is 2.46. The number of nitrogens with zero attached hydrogens (tertiary/aromatic N) is 1. The van der Waals surface area contributed by atoms with Crippen molar-refractivity contribution in [1.29, 1.82) is 0 Å². The lowest BCUT2D eigenvalue weighted by molar-refractivity contribution is -0.0713. The third-order valence-electron chi connectivity index (χ3n) is 3.26. The first-order valence-electron chi connectivity index (χ1n) is 6.30. The lowest BCUT2D eigenvalue weighted by Gasteiger charge is -2.34. The molecule has 0 N–H and O–H groups in total. The maximum absolute atomic E-state index is 11.8. The van der Waals surface area contributed by atoms with Crippen LogP contribution in [0.1, 0.15) is 40.0 Å². The van der Waals surface area contributed by atoms with Gasteiger partial charge in [0.25, 0.3) is 0 Å². The van der Waals surface area contributed by atoms with Gasteiger partial charge in [-0.1, -0.05) is 22.6 Å². The molecule has 2 bridgehead atoms. The van der Waals surface area contributed by atoms with E-state index in [1.54, 1.807) is 0 Å². The first-order valence-corrected chi connectivity index (χ1v) is 7.54. The lowest BCUT2D eigenvalue weighted by atomic mass is 9.94. The van der Waals surface area contributed by atoms with Gasteiger partial charge in [0.15, 0.2) is 0 Å². The molecule has 5 heteroatoms. The number of piperidine rings is 1. The highest BCUT2D eigenvalue weighted by molar-refractivity contribution is 14.1. The third kappa shape index (κ3) is 3.10. The molecule has 2 aliphatic heterocycles. The zero-order valence-corrected chi connectivity index (χ0v) is 13.3. The summed E-state index contributed by atoms with van der Waals surface area (Å²) in [6, 6.07) is 0. The van der Waals surface area contributed by atoms with Crippen LogP contribution in [0, 0.1) is 0 Å². The van der Waals surface area contributed by atoms with E-state index < -0.39 is 11.8 Å². The van der Waals surface area contributed by atoms with Crippen LogP contribution in [-0.4, -0.2) is 35.3 Å². The molecule has 2 aliphatic rings. The van der Waals surface area contributed by atoms with Crippen molar-refractivity contribution in [2.24, 2.45) is 0 Å². The molecule has 4 nitrogen and oxygen atoms in total. The molecule has 2 saturated heterocycles. The van der Waals surface area contributed by atoms with Crippen LogP contribution >= 0.6 is 22.6 Å². The van der Waals surface area contributed by atoms with Crippen LogP contribution in [0.15, 0.2) is 9.78 Å². The van der Waals surface area contributed by atoms with Gasteiger partial charge in [0.1, 0.15) is 11.2 Å². The maximum atomic E-state index is 11.8. The van der Waals surface area contributed by atoms with Crippen LogP contribution in [0.2, 0.25) is 0 Å². The number of carbonyl (C=O) groups excluding carboxylic acids is 1.